The number of amides is 3. The van der Waals surface area contributed by atoms with Crippen LogP contribution in [-0.2, 0) is 21.2 Å². The van der Waals surface area contributed by atoms with Gasteiger partial charge in [-0.2, -0.15) is 0 Å². The maximum Gasteiger partial charge on any atom is 0.317 e. The van der Waals surface area contributed by atoms with E-state index in [0.717, 1.165) is 76.9 Å². The second-order valence-corrected chi connectivity index (χ2v) is 15.1. The van der Waals surface area contributed by atoms with Crippen molar-refractivity contribution >= 4 is 34.2 Å². The Hall–Kier alpha value is -2.62. The Kier molecular flexibility index (Phi) is 9.73. The smallest absolute Gasteiger partial charge is 0.317 e. The lowest BCUT2D eigenvalue weighted by Gasteiger charge is -2.39. The molecule has 8 nitrogen and oxygen atoms in total. The summed E-state index contributed by atoms with van der Waals surface area (Å²) in [7, 11) is -3.23. The maximum absolute atomic E-state index is 13.6. The van der Waals surface area contributed by atoms with Gasteiger partial charge < -0.3 is 20.0 Å². The quantitative estimate of drug-likeness (QED) is 0.480. The fourth-order valence-electron chi connectivity index (χ4n) is 7.70. The van der Waals surface area contributed by atoms with Crippen LogP contribution >= 0.6 is 12.4 Å². The van der Waals surface area contributed by atoms with Gasteiger partial charge in [0.15, 0.2) is 9.84 Å². The number of benzene rings is 2. The molecular weight excluding hydrogens is 584 g/mol. The van der Waals surface area contributed by atoms with Crippen LogP contribution in [0.4, 0.5) is 4.79 Å². The molecule has 10 heteroatoms. The van der Waals surface area contributed by atoms with Crippen LogP contribution in [0.3, 0.4) is 0 Å². The molecule has 4 aliphatic rings. The van der Waals surface area contributed by atoms with Gasteiger partial charge >= 0.3 is 6.03 Å². The molecule has 1 saturated carbocycles. The van der Waals surface area contributed by atoms with Crippen LogP contribution in [0.25, 0.3) is 0 Å². The number of sulfone groups is 1. The summed E-state index contributed by atoms with van der Waals surface area (Å²) >= 11 is 0. The van der Waals surface area contributed by atoms with Gasteiger partial charge in [0.1, 0.15) is 0 Å². The molecule has 43 heavy (non-hydrogen) atoms. The van der Waals surface area contributed by atoms with E-state index in [9.17, 15) is 18.0 Å². The molecule has 2 aromatic rings. The van der Waals surface area contributed by atoms with Crippen molar-refractivity contribution < 1.29 is 18.0 Å². The molecular formula is C33H45ClN4O4S. The second-order valence-electron chi connectivity index (χ2n) is 13.1. The lowest BCUT2D eigenvalue weighted by atomic mass is 9.76. The summed E-state index contributed by atoms with van der Waals surface area (Å²) in [6.07, 6.45) is 8.41. The Balaban J connectivity index is 0.00000368. The maximum atomic E-state index is 13.6. The Labute approximate surface area is 262 Å². The molecule has 6 rings (SSSR count). The van der Waals surface area contributed by atoms with E-state index in [2.05, 4.69) is 40.5 Å². The molecule has 1 spiro atoms. The highest BCUT2D eigenvalue weighted by Crippen LogP contribution is 2.43. The van der Waals surface area contributed by atoms with E-state index in [0.29, 0.717) is 29.3 Å². The predicted octanol–water partition coefficient (Wildman–Crippen LogP) is 4.69. The first-order valence-electron chi connectivity index (χ1n) is 15.6. The third-order valence-electron chi connectivity index (χ3n) is 10.3. The first-order chi connectivity index (χ1) is 20.2. The van der Waals surface area contributed by atoms with Crippen molar-refractivity contribution in [3.8, 4) is 0 Å². The van der Waals surface area contributed by atoms with Gasteiger partial charge in [-0.05, 0) is 74.4 Å². The van der Waals surface area contributed by atoms with Crippen LogP contribution in [0.1, 0.15) is 62.0 Å². The highest BCUT2D eigenvalue weighted by molar-refractivity contribution is 7.90. The second kappa shape index (κ2) is 13.2. The van der Waals surface area contributed by atoms with Crippen LogP contribution in [0.2, 0.25) is 0 Å². The van der Waals surface area contributed by atoms with Crippen LogP contribution in [-0.4, -0.2) is 86.6 Å². The molecule has 0 bridgehead atoms. The largest absolute Gasteiger partial charge is 0.338 e. The highest BCUT2D eigenvalue weighted by Gasteiger charge is 2.48. The van der Waals surface area contributed by atoms with E-state index in [1.807, 2.05) is 21.9 Å². The number of likely N-dealkylation sites (tertiary alicyclic amines) is 3. The number of carbonyl (C=O) groups is 2. The summed E-state index contributed by atoms with van der Waals surface area (Å²) in [6, 6.07) is 17.9. The fraction of sp³-hybridized carbons (Fsp3) is 0.576. The number of piperidine rings is 1. The van der Waals surface area contributed by atoms with Crippen molar-refractivity contribution in [1.29, 1.82) is 0 Å². The molecule has 0 radical (unpaired) electrons. The lowest BCUT2D eigenvalue weighted by Crippen LogP contribution is -2.46. The molecule has 4 fully saturated rings. The van der Waals surface area contributed by atoms with Crippen LogP contribution in [0.15, 0.2) is 59.5 Å². The van der Waals surface area contributed by atoms with Crippen LogP contribution < -0.4 is 5.32 Å². The number of nitrogens with zero attached hydrogens (tertiary/aromatic N) is 3. The molecule has 2 atom stereocenters. The Morgan fingerprint density at radius 1 is 0.930 bits per heavy atom. The van der Waals surface area contributed by atoms with Crippen molar-refractivity contribution in [3.05, 3.63) is 65.7 Å². The summed E-state index contributed by atoms with van der Waals surface area (Å²) in [6.45, 7) is 5.52. The van der Waals surface area contributed by atoms with Crippen molar-refractivity contribution in [2.75, 3.05) is 45.5 Å². The topological polar surface area (TPSA) is 90.0 Å². The molecule has 3 heterocycles. The van der Waals surface area contributed by atoms with Crippen molar-refractivity contribution in [1.82, 2.24) is 20.0 Å². The SMILES string of the molecule is CS(=O)(=O)c1ccc(CN2CCC3(CCN(C[C@H]4CN(C(=O)NC5CCCC5)C[C@@H]4c4ccccc4)CC3)C2=O)cc1.Cl. The Morgan fingerprint density at radius 2 is 1.58 bits per heavy atom. The van der Waals surface area contributed by atoms with E-state index >= 15 is 0 Å². The number of halogens is 1. The predicted molar refractivity (Wildman–Crippen MR) is 170 cm³/mol. The number of nitrogens with one attached hydrogen (secondary N) is 1. The molecule has 234 valence electrons. The fourth-order valence-corrected chi connectivity index (χ4v) is 8.33. The first-order valence-corrected chi connectivity index (χ1v) is 17.5. The summed E-state index contributed by atoms with van der Waals surface area (Å²) in [5.74, 6) is 0.919. The van der Waals surface area contributed by atoms with Crippen LogP contribution in [0.5, 0.6) is 0 Å². The standard InChI is InChI=1S/C33H44N4O4S.ClH/c1-42(40,41)29-13-11-25(12-14-29)21-36-20-17-33(31(36)38)15-18-35(19-16-33)22-27-23-37(32(39)34-28-9-5-6-10-28)24-30(27)26-7-3-2-4-8-26;/h2-4,7-8,11-14,27-28,30H,5-6,9-10,15-24H2,1H3,(H,34,39);1H/t27-,30+;/m0./s1. The molecule has 0 unspecified atom stereocenters. The number of carbonyl (C=O) groups excluding carboxylic acids is 2. The van der Waals surface area contributed by atoms with Gasteiger partial charge in [-0.15, -0.1) is 12.4 Å². The average Bonchev–Trinajstić information content (AvgIpc) is 3.72. The Bertz CT molecular complexity index is 1370. The van der Waals surface area contributed by atoms with Gasteiger partial charge in [-0.3, -0.25) is 4.79 Å². The molecule has 3 saturated heterocycles. The van der Waals surface area contributed by atoms with E-state index in [4.69, 9.17) is 0 Å². The van der Waals surface area contributed by atoms with E-state index < -0.39 is 9.84 Å². The lowest BCUT2D eigenvalue weighted by molar-refractivity contribution is -0.139. The zero-order chi connectivity index (χ0) is 29.3. The van der Waals surface area contributed by atoms with Crippen molar-refractivity contribution in [3.63, 3.8) is 0 Å². The Morgan fingerprint density at radius 3 is 2.23 bits per heavy atom. The van der Waals surface area contributed by atoms with Crippen molar-refractivity contribution in [2.24, 2.45) is 11.3 Å². The number of urea groups is 1. The normalized spacial score (nSPS) is 24.4. The molecule has 3 amide bonds. The van der Waals surface area contributed by atoms with E-state index in [1.54, 1.807) is 12.1 Å². The molecule has 3 aliphatic heterocycles. The summed E-state index contributed by atoms with van der Waals surface area (Å²) in [5, 5.41) is 3.29. The number of hydrogen-bond donors (Lipinski definition) is 1. The molecule has 2 aromatic carbocycles. The van der Waals surface area contributed by atoms with Gasteiger partial charge in [-0.1, -0.05) is 55.3 Å². The third-order valence-corrected chi connectivity index (χ3v) is 11.4. The van der Waals surface area contributed by atoms with Crippen molar-refractivity contribution in [2.45, 2.75) is 68.3 Å². The van der Waals surface area contributed by atoms with Gasteiger partial charge in [0.05, 0.1) is 10.3 Å². The molecule has 0 aromatic heterocycles. The van der Waals surface area contributed by atoms with Gasteiger partial charge in [0, 0.05) is 50.9 Å². The highest BCUT2D eigenvalue weighted by atomic mass is 35.5. The molecule has 1 aliphatic carbocycles. The van der Waals surface area contributed by atoms with Crippen LogP contribution in [0, 0.1) is 11.3 Å². The minimum atomic E-state index is -3.23. The minimum absolute atomic E-state index is 0. The number of hydrogen-bond acceptors (Lipinski definition) is 5. The monoisotopic (exact) mass is 628 g/mol. The van der Waals surface area contributed by atoms with Gasteiger partial charge in [0.2, 0.25) is 5.91 Å². The number of rotatable bonds is 7. The summed E-state index contributed by atoms with van der Waals surface area (Å²) < 4.78 is 23.6. The van der Waals surface area contributed by atoms with E-state index in [1.165, 1.54) is 24.7 Å². The van der Waals surface area contributed by atoms with Gasteiger partial charge in [-0.25, -0.2) is 13.2 Å². The zero-order valence-corrected chi connectivity index (χ0v) is 26.8. The summed E-state index contributed by atoms with van der Waals surface area (Å²) in [5.41, 5.74) is 1.98. The minimum Gasteiger partial charge on any atom is -0.338 e. The summed E-state index contributed by atoms with van der Waals surface area (Å²) in [4.78, 5) is 33.6. The van der Waals surface area contributed by atoms with Gasteiger partial charge in [0.25, 0.3) is 0 Å². The zero-order valence-electron chi connectivity index (χ0n) is 25.1. The van der Waals surface area contributed by atoms with E-state index in [-0.39, 0.29) is 29.8 Å². The molecule has 1 N–H and O–H groups in total. The average molecular weight is 629 g/mol. The third kappa shape index (κ3) is 7.04. The first kappa shape index (κ1) is 31.8.